The van der Waals surface area contributed by atoms with E-state index in [4.69, 9.17) is 4.74 Å². The van der Waals surface area contributed by atoms with Crippen molar-refractivity contribution in [2.24, 2.45) is 11.8 Å². The van der Waals surface area contributed by atoms with Gasteiger partial charge in [-0.15, -0.1) is 0 Å². The molecule has 4 heterocycles. The molecule has 5 unspecified atom stereocenters. The quantitative estimate of drug-likeness (QED) is 0.646. The van der Waals surface area contributed by atoms with Crippen molar-refractivity contribution in [2.75, 3.05) is 33.8 Å². The van der Waals surface area contributed by atoms with Crippen LogP contribution in [0.2, 0.25) is 0 Å². The first-order valence-corrected chi connectivity index (χ1v) is 12.4. The zero-order valence-corrected chi connectivity index (χ0v) is 19.9. The first-order chi connectivity index (χ1) is 16.6. The van der Waals surface area contributed by atoms with Gasteiger partial charge in [-0.1, -0.05) is 30.3 Å². The van der Waals surface area contributed by atoms with Gasteiger partial charge in [0.1, 0.15) is 0 Å². The second-order valence-electron chi connectivity index (χ2n) is 10.4. The fourth-order valence-electron chi connectivity index (χ4n) is 6.78. The summed E-state index contributed by atoms with van der Waals surface area (Å²) in [5.41, 5.74) is 9.55. The van der Waals surface area contributed by atoms with Gasteiger partial charge in [-0.05, 0) is 48.9 Å². The summed E-state index contributed by atoms with van der Waals surface area (Å²) in [5, 5.41) is 3.39. The molecule has 8 heteroatoms. The number of ether oxygens (including phenoxy) is 1. The Labute approximate surface area is 201 Å². The van der Waals surface area contributed by atoms with E-state index >= 15 is 0 Å². The fourth-order valence-corrected chi connectivity index (χ4v) is 6.78. The van der Waals surface area contributed by atoms with Crippen molar-refractivity contribution in [1.29, 1.82) is 0 Å². The Morgan fingerprint density at radius 3 is 2.68 bits per heavy atom. The number of hydrogen-bond acceptors (Lipinski definition) is 6. The van der Waals surface area contributed by atoms with Gasteiger partial charge in [-0.3, -0.25) is 5.43 Å². The number of carbonyl (C=O) groups is 1. The number of likely N-dealkylation sites (N-methyl/N-ethyl adjacent to an activating group) is 1. The van der Waals surface area contributed by atoms with E-state index in [0.717, 1.165) is 32.5 Å². The summed E-state index contributed by atoms with van der Waals surface area (Å²) in [5.74, 6) is 1.89. The van der Waals surface area contributed by atoms with Crippen LogP contribution < -0.4 is 20.9 Å². The fraction of sp³-hybridized carbons (Fsp3) is 0.538. The largest absolute Gasteiger partial charge is 0.481 e. The first-order valence-electron chi connectivity index (χ1n) is 12.4. The third-order valence-electron chi connectivity index (χ3n) is 8.45. The number of aromatic nitrogens is 1. The number of hydrogen-bond donors (Lipinski definition) is 3. The van der Waals surface area contributed by atoms with E-state index in [-0.39, 0.29) is 24.2 Å². The van der Waals surface area contributed by atoms with E-state index in [0.29, 0.717) is 29.7 Å². The summed E-state index contributed by atoms with van der Waals surface area (Å²) in [4.78, 5) is 22.1. The normalized spacial score (nSPS) is 35.5. The predicted molar refractivity (Wildman–Crippen MR) is 129 cm³/mol. The van der Waals surface area contributed by atoms with Gasteiger partial charge >= 0.3 is 6.03 Å². The topological polar surface area (TPSA) is 81.8 Å². The number of hydrazine groups is 1. The maximum Gasteiger partial charge on any atom is 0.317 e. The number of fused-ring (bicyclic) bond motifs is 2. The summed E-state index contributed by atoms with van der Waals surface area (Å²) in [7, 11) is 3.82. The third kappa shape index (κ3) is 3.83. The highest BCUT2D eigenvalue weighted by Crippen LogP contribution is 2.43. The van der Waals surface area contributed by atoms with Crippen LogP contribution in [0.5, 0.6) is 5.88 Å². The summed E-state index contributed by atoms with van der Waals surface area (Å²) in [6, 6.07) is 15.9. The van der Waals surface area contributed by atoms with Crippen LogP contribution in [0.4, 0.5) is 4.79 Å². The molecule has 8 nitrogen and oxygen atoms in total. The molecule has 3 aliphatic heterocycles. The van der Waals surface area contributed by atoms with Crippen LogP contribution in [0.25, 0.3) is 0 Å². The lowest BCUT2D eigenvalue weighted by Gasteiger charge is -2.48. The minimum Gasteiger partial charge on any atom is -0.481 e. The lowest BCUT2D eigenvalue weighted by Crippen LogP contribution is -2.63. The Kier molecular flexibility index (Phi) is 5.67. The van der Waals surface area contributed by atoms with Gasteiger partial charge in [0, 0.05) is 49.9 Å². The highest BCUT2D eigenvalue weighted by molar-refractivity contribution is 5.76. The maximum absolute atomic E-state index is 13.3. The van der Waals surface area contributed by atoms with Crippen LogP contribution in [0, 0.1) is 11.8 Å². The van der Waals surface area contributed by atoms with Crippen molar-refractivity contribution >= 4 is 6.03 Å². The van der Waals surface area contributed by atoms with Crippen LogP contribution in [-0.4, -0.2) is 72.7 Å². The number of pyridine rings is 1. The Balaban J connectivity index is 1.21. The molecular weight excluding hydrogens is 428 g/mol. The smallest absolute Gasteiger partial charge is 0.317 e. The molecule has 0 radical (unpaired) electrons. The number of nitrogens with zero attached hydrogens (tertiary/aromatic N) is 3. The molecular formula is C26H34N6O2. The Morgan fingerprint density at radius 1 is 1.00 bits per heavy atom. The monoisotopic (exact) mass is 462 g/mol. The van der Waals surface area contributed by atoms with Crippen LogP contribution >= 0.6 is 0 Å². The number of urea groups is 1. The van der Waals surface area contributed by atoms with E-state index in [2.05, 4.69) is 74.4 Å². The number of amides is 2. The van der Waals surface area contributed by atoms with E-state index < -0.39 is 0 Å². The van der Waals surface area contributed by atoms with E-state index in [1.165, 1.54) is 11.1 Å². The molecule has 2 amide bonds. The number of carbonyl (C=O) groups excluding carboxylic acids is 1. The molecule has 4 fully saturated rings. The minimum absolute atomic E-state index is 0.0994. The average molecular weight is 463 g/mol. The third-order valence-corrected chi connectivity index (χ3v) is 8.45. The van der Waals surface area contributed by atoms with Gasteiger partial charge < -0.3 is 19.9 Å². The zero-order chi connectivity index (χ0) is 23.2. The molecule has 0 spiro atoms. The Hall–Kier alpha value is -2.68. The second kappa shape index (κ2) is 8.83. The first kappa shape index (κ1) is 21.8. The van der Waals surface area contributed by atoms with Crippen molar-refractivity contribution in [2.45, 2.75) is 42.9 Å². The molecule has 1 aromatic heterocycles. The number of methoxy groups -OCH3 is 1. The lowest BCUT2D eigenvalue weighted by molar-refractivity contribution is 0.0790. The zero-order valence-electron chi connectivity index (χ0n) is 19.9. The van der Waals surface area contributed by atoms with Crippen molar-refractivity contribution in [3.8, 4) is 5.88 Å². The molecule has 1 saturated carbocycles. The SMILES string of the molecule is COc1cc(C2NNC3CC4NC(=O)N([C@@H]5CN(C)C[C@H]5c5ccccc5)CC4CC32)ccn1. The molecule has 4 aliphatic rings. The van der Waals surface area contributed by atoms with Gasteiger partial charge in [-0.2, -0.15) is 0 Å². The molecule has 7 atom stereocenters. The van der Waals surface area contributed by atoms with Crippen LogP contribution in [0.3, 0.4) is 0 Å². The van der Waals surface area contributed by atoms with Crippen molar-refractivity contribution in [3.05, 3.63) is 59.8 Å². The Bertz CT molecular complexity index is 1030. The van der Waals surface area contributed by atoms with Crippen LogP contribution in [0.15, 0.2) is 48.7 Å². The standard InChI is InChI=1S/C26H34N6O2/c1-31-14-20(16-6-4-3-5-7-16)23(15-31)32-13-18-10-19-22(12-21(18)28-26(32)33)29-30-25(19)17-8-9-27-24(11-17)34-2/h3-9,11,18-23,25,29-30H,10,12-15H2,1-2H3,(H,28,33)/t18?,19?,20-,21?,22?,23+,25?/m0/s1. The molecule has 1 aliphatic carbocycles. The van der Waals surface area contributed by atoms with Crippen molar-refractivity contribution in [1.82, 2.24) is 31.0 Å². The van der Waals surface area contributed by atoms with Crippen molar-refractivity contribution < 1.29 is 9.53 Å². The van der Waals surface area contributed by atoms with Crippen LogP contribution in [-0.2, 0) is 0 Å². The summed E-state index contributed by atoms with van der Waals surface area (Å²) in [6.07, 6.45) is 3.84. The molecule has 6 rings (SSSR count). The molecule has 3 saturated heterocycles. The van der Waals surface area contributed by atoms with E-state index in [1.54, 1.807) is 7.11 Å². The van der Waals surface area contributed by atoms with Gasteiger partial charge in [0.2, 0.25) is 5.88 Å². The van der Waals surface area contributed by atoms with E-state index in [1.807, 2.05) is 12.3 Å². The Morgan fingerprint density at radius 2 is 1.85 bits per heavy atom. The van der Waals surface area contributed by atoms with Gasteiger partial charge in [0.25, 0.3) is 0 Å². The van der Waals surface area contributed by atoms with Crippen LogP contribution in [0.1, 0.15) is 35.9 Å². The van der Waals surface area contributed by atoms with E-state index in [9.17, 15) is 4.79 Å². The summed E-state index contributed by atoms with van der Waals surface area (Å²) >= 11 is 0. The molecule has 34 heavy (non-hydrogen) atoms. The van der Waals surface area contributed by atoms with Gasteiger partial charge in [-0.25, -0.2) is 15.2 Å². The molecule has 2 aromatic rings. The lowest BCUT2D eigenvalue weighted by atomic mass is 9.71. The molecule has 3 N–H and O–H groups in total. The molecule has 0 bridgehead atoms. The van der Waals surface area contributed by atoms with Crippen molar-refractivity contribution in [3.63, 3.8) is 0 Å². The maximum atomic E-state index is 13.3. The predicted octanol–water partition coefficient (Wildman–Crippen LogP) is 2.13. The minimum atomic E-state index is 0.0994. The number of rotatable bonds is 4. The average Bonchev–Trinajstić information content (AvgIpc) is 3.46. The number of likely N-dealkylation sites (tertiary alicyclic amines) is 1. The molecule has 1 aromatic carbocycles. The number of benzene rings is 1. The van der Waals surface area contributed by atoms with Gasteiger partial charge in [0.15, 0.2) is 0 Å². The highest BCUT2D eigenvalue weighted by atomic mass is 16.5. The molecule has 180 valence electrons. The summed E-state index contributed by atoms with van der Waals surface area (Å²) < 4.78 is 5.36. The number of nitrogens with one attached hydrogen (secondary N) is 3. The second-order valence-corrected chi connectivity index (χ2v) is 10.4. The highest BCUT2D eigenvalue weighted by Gasteiger charge is 2.50. The summed E-state index contributed by atoms with van der Waals surface area (Å²) in [6.45, 7) is 2.73. The van der Waals surface area contributed by atoms with Gasteiger partial charge in [0.05, 0.1) is 19.2 Å².